The molecule has 0 bridgehead atoms. The van der Waals surface area contributed by atoms with Crippen molar-refractivity contribution in [3.05, 3.63) is 12.2 Å². The first-order valence-electron chi connectivity index (χ1n) is 5.31. The molecule has 1 unspecified atom stereocenters. The van der Waals surface area contributed by atoms with E-state index in [1.165, 1.54) is 13.0 Å². The number of hydrogen-bond acceptors (Lipinski definition) is 3. The fraction of sp³-hybridized carbons (Fsp3) is 0.800. The lowest BCUT2D eigenvalue weighted by Crippen LogP contribution is -2.19. The van der Waals surface area contributed by atoms with E-state index in [-0.39, 0.29) is 5.75 Å². The van der Waals surface area contributed by atoms with E-state index >= 15 is 0 Å². The average Bonchev–Trinajstić information content (AvgIpc) is 2.59. The predicted octanol–water partition coefficient (Wildman–Crippen LogP) is 1.84. The molecule has 1 rings (SSSR count). The molecule has 15 heavy (non-hydrogen) atoms. The minimum Gasteiger partial charge on any atom is -0.303 e. The van der Waals surface area contributed by atoms with Gasteiger partial charge in [-0.25, -0.2) is 8.42 Å². The smallest absolute Gasteiger partial charge is 0.236 e. The van der Waals surface area contributed by atoms with Crippen LogP contribution in [0.1, 0.15) is 19.8 Å². The largest absolute Gasteiger partial charge is 0.303 e. The summed E-state index contributed by atoms with van der Waals surface area (Å²) < 4.78 is 21.3. The zero-order valence-electron chi connectivity index (χ0n) is 9.02. The summed E-state index contributed by atoms with van der Waals surface area (Å²) in [6.45, 7) is 5.58. The van der Waals surface area contributed by atoms with Crippen molar-refractivity contribution in [1.29, 1.82) is 0 Å². The van der Waals surface area contributed by atoms with Crippen LogP contribution in [0.25, 0.3) is 0 Å². The second-order valence-electron chi connectivity index (χ2n) is 3.96. The van der Waals surface area contributed by atoms with Gasteiger partial charge in [-0.05, 0) is 31.8 Å². The van der Waals surface area contributed by atoms with Gasteiger partial charge in [0.25, 0.3) is 0 Å². The molecule has 1 aliphatic rings. The maximum Gasteiger partial charge on any atom is 0.236 e. The summed E-state index contributed by atoms with van der Waals surface area (Å²) in [5.74, 6) is 0.623. The standard InChI is InChI=1S/C10H18ClNO2S/c1-2-12-7-6-10(9-12)5-3-4-8-15(11,13)14/h3-4,10H,2,5-9H2,1H3/b4-3-. The highest BCUT2D eigenvalue weighted by atomic mass is 35.7. The normalized spacial score (nSPS) is 24.0. The van der Waals surface area contributed by atoms with Crippen LogP contribution < -0.4 is 0 Å². The monoisotopic (exact) mass is 251 g/mol. The molecule has 0 N–H and O–H groups in total. The van der Waals surface area contributed by atoms with Gasteiger partial charge in [-0.15, -0.1) is 0 Å². The van der Waals surface area contributed by atoms with Crippen LogP contribution in [-0.4, -0.2) is 38.7 Å². The summed E-state index contributed by atoms with van der Waals surface area (Å²) in [6.07, 6.45) is 5.76. The summed E-state index contributed by atoms with van der Waals surface area (Å²) >= 11 is 0. The highest BCUT2D eigenvalue weighted by molar-refractivity contribution is 8.13. The second-order valence-corrected chi connectivity index (χ2v) is 6.78. The fourth-order valence-corrected chi connectivity index (χ4v) is 2.45. The van der Waals surface area contributed by atoms with Gasteiger partial charge in [0.2, 0.25) is 9.05 Å². The molecule has 1 atom stereocenters. The molecule has 1 fully saturated rings. The molecular formula is C10H18ClNO2S. The third-order valence-corrected chi connectivity index (χ3v) is 3.72. The quantitative estimate of drug-likeness (QED) is 0.553. The third kappa shape index (κ3) is 5.54. The Bertz CT molecular complexity index is 313. The topological polar surface area (TPSA) is 37.4 Å². The number of hydrogen-bond donors (Lipinski definition) is 0. The minimum atomic E-state index is -3.36. The number of halogens is 1. The Morgan fingerprint density at radius 3 is 2.73 bits per heavy atom. The molecule has 0 spiro atoms. The lowest BCUT2D eigenvalue weighted by Gasteiger charge is -2.11. The lowest BCUT2D eigenvalue weighted by atomic mass is 10.1. The summed E-state index contributed by atoms with van der Waals surface area (Å²) in [7, 11) is 1.73. The van der Waals surface area contributed by atoms with Gasteiger partial charge in [-0.1, -0.05) is 19.1 Å². The van der Waals surface area contributed by atoms with Crippen molar-refractivity contribution < 1.29 is 8.42 Å². The fourth-order valence-electron chi connectivity index (χ4n) is 1.86. The van der Waals surface area contributed by atoms with E-state index in [1.807, 2.05) is 6.08 Å². The maximum absolute atomic E-state index is 10.6. The van der Waals surface area contributed by atoms with Gasteiger partial charge in [0, 0.05) is 17.2 Å². The van der Waals surface area contributed by atoms with Crippen LogP contribution in [0.5, 0.6) is 0 Å². The van der Waals surface area contributed by atoms with Crippen molar-refractivity contribution in [2.75, 3.05) is 25.4 Å². The molecule has 0 aromatic carbocycles. The van der Waals surface area contributed by atoms with Gasteiger partial charge in [0.05, 0.1) is 5.75 Å². The van der Waals surface area contributed by atoms with Crippen LogP contribution in [-0.2, 0) is 9.05 Å². The van der Waals surface area contributed by atoms with Crippen molar-refractivity contribution in [3.63, 3.8) is 0 Å². The molecule has 5 heteroatoms. The Morgan fingerprint density at radius 1 is 1.47 bits per heavy atom. The SMILES string of the molecule is CCN1CCC(C/C=C\CS(=O)(=O)Cl)C1. The van der Waals surface area contributed by atoms with Gasteiger partial charge in [0.15, 0.2) is 0 Å². The van der Waals surface area contributed by atoms with E-state index in [9.17, 15) is 8.42 Å². The molecule has 1 aliphatic heterocycles. The number of likely N-dealkylation sites (tertiary alicyclic amines) is 1. The molecule has 3 nitrogen and oxygen atoms in total. The Kier molecular flexibility index (Phi) is 5.09. The highest BCUT2D eigenvalue weighted by Crippen LogP contribution is 2.19. The van der Waals surface area contributed by atoms with Gasteiger partial charge in [-0.2, -0.15) is 0 Å². The van der Waals surface area contributed by atoms with E-state index < -0.39 is 9.05 Å². The van der Waals surface area contributed by atoms with Gasteiger partial charge in [0.1, 0.15) is 0 Å². The van der Waals surface area contributed by atoms with Crippen LogP contribution in [0.2, 0.25) is 0 Å². The second kappa shape index (κ2) is 5.87. The maximum atomic E-state index is 10.6. The van der Waals surface area contributed by atoms with Crippen LogP contribution in [0.15, 0.2) is 12.2 Å². The van der Waals surface area contributed by atoms with Crippen LogP contribution in [0.3, 0.4) is 0 Å². The number of nitrogens with zero attached hydrogens (tertiary/aromatic N) is 1. The van der Waals surface area contributed by atoms with Crippen molar-refractivity contribution in [2.45, 2.75) is 19.8 Å². The van der Waals surface area contributed by atoms with Crippen molar-refractivity contribution in [2.24, 2.45) is 5.92 Å². The van der Waals surface area contributed by atoms with E-state index in [4.69, 9.17) is 10.7 Å². The van der Waals surface area contributed by atoms with Gasteiger partial charge >= 0.3 is 0 Å². The van der Waals surface area contributed by atoms with Crippen LogP contribution >= 0.6 is 10.7 Å². The molecule has 88 valence electrons. The number of rotatable bonds is 5. The highest BCUT2D eigenvalue weighted by Gasteiger charge is 2.19. The molecule has 0 radical (unpaired) electrons. The molecule has 0 amide bonds. The summed E-state index contributed by atoms with van der Waals surface area (Å²) in [5.41, 5.74) is 0. The Hall–Kier alpha value is -0.0600. The summed E-state index contributed by atoms with van der Waals surface area (Å²) in [5, 5.41) is 0. The van der Waals surface area contributed by atoms with E-state index in [1.54, 1.807) is 6.08 Å². The summed E-state index contributed by atoms with van der Waals surface area (Å²) in [4.78, 5) is 2.41. The lowest BCUT2D eigenvalue weighted by molar-refractivity contribution is 0.342. The Morgan fingerprint density at radius 2 is 2.20 bits per heavy atom. The third-order valence-electron chi connectivity index (χ3n) is 2.75. The van der Waals surface area contributed by atoms with Gasteiger partial charge in [-0.3, -0.25) is 0 Å². The van der Waals surface area contributed by atoms with E-state index in [0.717, 1.165) is 19.5 Å². The van der Waals surface area contributed by atoms with Crippen molar-refractivity contribution in [1.82, 2.24) is 4.90 Å². The van der Waals surface area contributed by atoms with Crippen molar-refractivity contribution >= 4 is 19.7 Å². The first-order valence-corrected chi connectivity index (χ1v) is 7.79. The molecular weight excluding hydrogens is 234 g/mol. The predicted molar refractivity (Wildman–Crippen MR) is 63.6 cm³/mol. The van der Waals surface area contributed by atoms with Crippen LogP contribution in [0, 0.1) is 5.92 Å². The van der Waals surface area contributed by atoms with E-state index in [2.05, 4.69) is 11.8 Å². The van der Waals surface area contributed by atoms with Crippen LogP contribution in [0.4, 0.5) is 0 Å². The zero-order valence-corrected chi connectivity index (χ0v) is 10.6. The molecule has 0 aliphatic carbocycles. The van der Waals surface area contributed by atoms with Crippen molar-refractivity contribution in [3.8, 4) is 0 Å². The Balaban J connectivity index is 2.21. The molecule has 0 aromatic heterocycles. The first kappa shape index (κ1) is 13.0. The molecule has 0 aromatic rings. The van der Waals surface area contributed by atoms with E-state index in [0.29, 0.717) is 5.92 Å². The number of allylic oxidation sites excluding steroid dienone is 1. The molecule has 1 saturated heterocycles. The molecule has 0 saturated carbocycles. The summed E-state index contributed by atoms with van der Waals surface area (Å²) in [6, 6.07) is 0. The zero-order chi connectivity index (χ0) is 11.3. The molecule has 1 heterocycles. The minimum absolute atomic E-state index is 0.0568. The van der Waals surface area contributed by atoms with Gasteiger partial charge < -0.3 is 4.90 Å². The first-order chi connectivity index (χ1) is 7.01. The Labute approximate surface area is 96.5 Å². The average molecular weight is 252 g/mol.